The van der Waals surface area contributed by atoms with Crippen molar-refractivity contribution in [2.45, 2.75) is 214 Å². The number of carbonyl (C=O) groups is 8. The van der Waals surface area contributed by atoms with E-state index in [1.165, 1.54) is 82.9 Å². The maximum absolute atomic E-state index is 14.6. The molecule has 6 saturated carbocycles. The Balaban J connectivity index is 0.000000203. The lowest BCUT2D eigenvalue weighted by atomic mass is 9.85. The van der Waals surface area contributed by atoms with E-state index in [1.807, 2.05) is 0 Å². The fourth-order valence-corrected chi connectivity index (χ4v) is 17.4. The van der Waals surface area contributed by atoms with Gasteiger partial charge in [0.1, 0.15) is 88.6 Å². The molecular weight excluding hydrogens is 1580 g/mol. The fraction of sp³-hybridized carbons (Fsp3) is 0.513. The standard InChI is InChI=1S/C39H48FN9O8S.C36H45ClFN7O8S.C3H4N2/c1-5-23-20-39(23,35(52)47-58(54,55)28-14-15-28)46-33(50)29-18-27(21-49(29)34(51)32(38(2,3)4)45-37(53)57-26-8-6-7-9-26)56-31-19-30(48-17-16-41-22-48)43-36(44-31)42-25-12-10-24(40)11-13-25;1-5-20-18-36(20,32(48)44-54(50,51)25-14-15-25)43-30(46)26-16-24(52-28-17-27(37)40-33(41-28)39-22-12-10-21(38)11-13-22)19-45(26)31(47)29(35(2,3)4)42-34(49)53-23-8-6-7-9-23;1-2-5-3-4-1/h5,10-13,16-17,19,22-23,26-29,32H,1,6-9,14-15,18,20-21H2,2-4H3,(H,45,53)(H,46,50)(H,47,52)(H,42,43,44);5,10-13,17,20,23-26,29H,1,6-9,14-16,18-19H2,2-4H3,(H,42,49)(H,43,46)(H,44,48)(H,39,40,41);1-3H,(H,4,5)/t23-,27-,29+,32-,39-;20-,24-,26+,29-,36-;/m11./s1. The third-order valence-corrected chi connectivity index (χ3v) is 25.2. The Kier molecular flexibility index (Phi) is 25.9. The zero-order valence-corrected chi connectivity index (χ0v) is 67.9. The van der Waals surface area contributed by atoms with Gasteiger partial charge in [-0.3, -0.25) is 42.8 Å². The molecule has 0 spiro atoms. The van der Waals surface area contributed by atoms with Crippen molar-refractivity contribution in [1.29, 1.82) is 0 Å². The summed E-state index contributed by atoms with van der Waals surface area (Å²) in [5.41, 5.74) is -3.90. The van der Waals surface area contributed by atoms with Crippen LogP contribution in [-0.4, -0.2) is 197 Å². The first kappa shape index (κ1) is 85.5. The van der Waals surface area contributed by atoms with E-state index in [1.54, 1.807) is 83.3 Å². The van der Waals surface area contributed by atoms with E-state index >= 15 is 0 Å². The van der Waals surface area contributed by atoms with E-state index in [9.17, 15) is 64.0 Å². The summed E-state index contributed by atoms with van der Waals surface area (Å²) in [6.45, 7) is 17.9. The molecule has 628 valence electrons. The largest absolute Gasteiger partial charge is 0.472 e. The summed E-state index contributed by atoms with van der Waals surface area (Å²) in [5, 5.41) is 15.6. The third kappa shape index (κ3) is 21.7. The summed E-state index contributed by atoms with van der Waals surface area (Å²) < 4.78 is 108. The number of anilines is 4. The van der Waals surface area contributed by atoms with Crippen molar-refractivity contribution in [3.05, 3.63) is 140 Å². The van der Waals surface area contributed by atoms with E-state index in [-0.39, 0.29) is 79.8 Å². The van der Waals surface area contributed by atoms with Crippen molar-refractivity contribution in [3.8, 4) is 17.6 Å². The molecule has 9 N–H and O–H groups in total. The number of benzene rings is 2. The topological polar surface area (TPSA) is 443 Å². The molecule has 4 aromatic heterocycles. The van der Waals surface area contributed by atoms with Crippen LogP contribution in [-0.2, 0) is 58.3 Å². The van der Waals surface area contributed by atoms with Crippen LogP contribution in [0.5, 0.6) is 11.8 Å². The van der Waals surface area contributed by atoms with Crippen molar-refractivity contribution in [2.75, 3.05) is 23.7 Å². The van der Waals surface area contributed by atoms with Crippen LogP contribution in [0.15, 0.2) is 123 Å². The highest BCUT2D eigenvalue weighted by molar-refractivity contribution is 7.91. The SMILES string of the molecule is C=C[C@@H]1C[C@]1(NC(=O)[C@@H]1C[C@@H](Oc2cc(-n3ccnc3)nc(Nc3ccc(F)cc3)n2)CN1C(=O)[C@@H](NC(=O)OC1CCCC1)C(C)(C)C)C(=O)NS(=O)(=O)C1CC1.C=C[C@@H]1C[C@]1(NC(=O)[C@@H]1C[C@@H](Oc2cc(Cl)nc(Nc3ccc(F)cc3)n2)CN1C(=O)[C@@H](NC(=O)OC1CCCC1)C(C)(C)C)C(=O)NS(=O)(=O)C1CC1.c1c[nH]cn1. The van der Waals surface area contributed by atoms with Gasteiger partial charge in [-0.1, -0.05) is 65.3 Å². The molecule has 0 unspecified atom stereocenters. The number of sulfonamides is 2. The molecule has 117 heavy (non-hydrogen) atoms. The summed E-state index contributed by atoms with van der Waals surface area (Å²) in [4.78, 5) is 142. The lowest BCUT2D eigenvalue weighted by Gasteiger charge is -2.35. The quantitative estimate of drug-likeness (QED) is 0.0173. The fourth-order valence-electron chi connectivity index (χ4n) is 14.5. The molecule has 2 aromatic carbocycles. The number of rotatable bonds is 27. The van der Waals surface area contributed by atoms with E-state index < -0.39 is 160 Å². The zero-order valence-electron chi connectivity index (χ0n) is 65.5. The molecule has 14 rings (SSSR count). The van der Waals surface area contributed by atoms with Crippen molar-refractivity contribution < 1.29 is 82.9 Å². The van der Waals surface area contributed by atoms with Gasteiger partial charge in [0.15, 0.2) is 0 Å². The Labute approximate surface area is 680 Å². The average Bonchev–Trinajstić information content (AvgIpc) is 1.58. The Morgan fingerprint density at radius 2 is 1.01 bits per heavy atom. The van der Waals surface area contributed by atoms with E-state index in [4.69, 9.17) is 30.5 Å². The molecule has 8 fully saturated rings. The van der Waals surface area contributed by atoms with Crippen LogP contribution >= 0.6 is 11.6 Å². The van der Waals surface area contributed by atoms with Gasteiger partial charge in [0.2, 0.25) is 67.3 Å². The van der Waals surface area contributed by atoms with Gasteiger partial charge < -0.3 is 65.6 Å². The maximum atomic E-state index is 14.6. The summed E-state index contributed by atoms with van der Waals surface area (Å²) in [6, 6.07) is 9.26. The van der Waals surface area contributed by atoms with E-state index in [0.29, 0.717) is 42.9 Å². The number of halogens is 3. The number of aromatic nitrogens is 8. The number of imidazole rings is 2. The summed E-state index contributed by atoms with van der Waals surface area (Å²) in [7, 11) is -7.87. The van der Waals surface area contributed by atoms with Crippen LogP contribution in [0.1, 0.15) is 144 Å². The van der Waals surface area contributed by atoms with E-state index in [2.05, 4.69) is 89.4 Å². The van der Waals surface area contributed by atoms with Gasteiger partial charge in [-0.15, -0.1) is 13.2 Å². The number of alkyl carbamates (subject to hydrolysis) is 2. The molecular formula is C78H97ClF2N18O16S2. The number of hydrogen-bond donors (Lipinski definition) is 9. The van der Waals surface area contributed by atoms with Gasteiger partial charge in [0, 0.05) is 73.0 Å². The number of nitrogens with one attached hydrogen (secondary N) is 9. The monoisotopic (exact) mass is 1680 g/mol. The number of likely N-dealkylation sites (tertiary alicyclic amines) is 2. The highest BCUT2D eigenvalue weighted by Gasteiger charge is 2.64. The van der Waals surface area contributed by atoms with Crippen LogP contribution in [0.2, 0.25) is 5.15 Å². The van der Waals surface area contributed by atoms with Crippen LogP contribution in [0.25, 0.3) is 5.82 Å². The minimum Gasteiger partial charge on any atom is -0.472 e. The molecule has 10 atom stereocenters. The average molecular weight is 1680 g/mol. The van der Waals surface area contributed by atoms with Crippen LogP contribution in [0, 0.1) is 34.3 Å². The van der Waals surface area contributed by atoms with Gasteiger partial charge in [0.05, 0.1) is 29.9 Å². The summed E-state index contributed by atoms with van der Waals surface area (Å²) >= 11 is 6.29. The molecule has 2 saturated heterocycles. The molecule has 6 aliphatic carbocycles. The minimum absolute atomic E-state index is 0.0127. The third-order valence-electron chi connectivity index (χ3n) is 21.4. The highest BCUT2D eigenvalue weighted by atomic mass is 35.5. The number of H-pyrrole nitrogens is 1. The Morgan fingerprint density at radius 3 is 1.37 bits per heavy atom. The van der Waals surface area contributed by atoms with Crippen LogP contribution < -0.4 is 50.8 Å². The normalized spacial score (nSPS) is 23.5. The smallest absolute Gasteiger partial charge is 0.408 e. The van der Waals surface area contributed by atoms with Gasteiger partial charge in [-0.25, -0.2) is 50.2 Å². The van der Waals surface area contributed by atoms with Crippen LogP contribution in [0.4, 0.5) is 41.6 Å². The Hall–Kier alpha value is -10.9. The molecule has 6 heterocycles. The van der Waals surface area contributed by atoms with Gasteiger partial charge in [0.25, 0.3) is 11.8 Å². The molecule has 6 aromatic rings. The second-order valence-electron chi connectivity index (χ2n) is 32.6. The molecule has 34 nitrogen and oxygen atoms in total. The van der Waals surface area contributed by atoms with Crippen molar-refractivity contribution >= 4 is 103 Å². The highest BCUT2D eigenvalue weighted by Crippen LogP contribution is 2.47. The number of nitrogens with zero attached hydrogens (tertiary/aromatic N) is 9. The maximum Gasteiger partial charge on any atom is 0.408 e. The number of amides is 8. The first-order valence-electron chi connectivity index (χ1n) is 38.8. The van der Waals surface area contributed by atoms with Gasteiger partial charge in [-0.05, 0) is 149 Å². The summed E-state index contributed by atoms with van der Waals surface area (Å²) in [6.07, 6.45) is 17.6. The minimum atomic E-state index is -3.94. The second kappa shape index (κ2) is 35.5. The zero-order chi connectivity index (χ0) is 83.9. The molecule has 0 radical (unpaired) electrons. The van der Waals surface area contributed by atoms with Gasteiger partial charge in [-0.2, -0.15) is 15.0 Å². The predicted octanol–water partition coefficient (Wildman–Crippen LogP) is 8.17. The first-order chi connectivity index (χ1) is 55.5. The number of hydrogen-bond acceptors (Lipinski definition) is 24. The van der Waals surface area contributed by atoms with Crippen molar-refractivity contribution in [2.24, 2.45) is 22.7 Å². The molecule has 2 aliphatic heterocycles. The molecule has 39 heteroatoms. The van der Waals surface area contributed by atoms with Crippen molar-refractivity contribution in [1.82, 2.24) is 80.0 Å². The lowest BCUT2D eigenvalue weighted by molar-refractivity contribution is -0.143. The predicted molar refractivity (Wildman–Crippen MR) is 422 cm³/mol. The Morgan fingerprint density at radius 1 is 0.581 bits per heavy atom. The summed E-state index contributed by atoms with van der Waals surface area (Å²) in [5.74, 6) is -5.76. The molecule has 8 amide bonds. The van der Waals surface area contributed by atoms with E-state index in [0.717, 1.165) is 51.4 Å². The Bertz CT molecular complexity index is 4860. The second-order valence-corrected chi connectivity index (χ2v) is 36.9. The number of aromatic amines is 1. The number of ether oxygens (including phenoxy) is 4. The first-order valence-corrected chi connectivity index (χ1v) is 42.3. The molecule has 0 bridgehead atoms. The van der Waals surface area contributed by atoms with Crippen molar-refractivity contribution in [3.63, 3.8) is 0 Å². The number of carbonyl (C=O) groups excluding carboxylic acids is 8. The lowest BCUT2D eigenvalue weighted by Crippen LogP contribution is -2.60. The van der Waals surface area contributed by atoms with Gasteiger partial charge >= 0.3 is 12.2 Å². The molecule has 8 aliphatic rings. The van der Waals surface area contributed by atoms with Crippen LogP contribution in [0.3, 0.4) is 0 Å².